The largest absolute Gasteiger partial charge is 0.481 e. The average Bonchev–Trinajstić information content (AvgIpc) is 3.07. The standard InChI is InChI=1S/C11H15N3O3S/c15-9(16)5-8-6-18-11(14-8)13-4-3-12-10(17)7-1-2-7/h6-7H,1-5H2,(H,12,17)(H,13,14)(H,15,16). The number of carbonyl (C=O) groups is 2. The second kappa shape index (κ2) is 5.81. The number of thiazole rings is 1. The molecule has 0 spiro atoms. The van der Waals surface area contributed by atoms with Gasteiger partial charge in [0.25, 0.3) is 0 Å². The molecule has 3 N–H and O–H groups in total. The minimum Gasteiger partial charge on any atom is -0.481 e. The van der Waals surface area contributed by atoms with Gasteiger partial charge in [0.1, 0.15) is 0 Å². The number of carboxylic acids is 1. The molecule has 0 aromatic carbocycles. The number of amides is 1. The Morgan fingerprint density at radius 2 is 2.22 bits per heavy atom. The number of carboxylic acid groups (broad SMARTS) is 1. The highest BCUT2D eigenvalue weighted by Gasteiger charge is 2.28. The van der Waals surface area contributed by atoms with Crippen molar-refractivity contribution in [1.82, 2.24) is 10.3 Å². The van der Waals surface area contributed by atoms with Gasteiger partial charge in [0.05, 0.1) is 12.1 Å². The molecule has 1 amide bonds. The molecule has 1 heterocycles. The molecule has 1 aliphatic carbocycles. The van der Waals surface area contributed by atoms with E-state index in [1.807, 2.05) is 0 Å². The number of nitrogens with zero attached hydrogens (tertiary/aromatic N) is 1. The van der Waals surface area contributed by atoms with Crippen molar-refractivity contribution in [2.75, 3.05) is 18.4 Å². The van der Waals surface area contributed by atoms with Crippen LogP contribution in [0.1, 0.15) is 18.5 Å². The third-order valence-electron chi connectivity index (χ3n) is 2.53. The lowest BCUT2D eigenvalue weighted by molar-refractivity contribution is -0.136. The zero-order valence-corrected chi connectivity index (χ0v) is 10.6. The Kier molecular flexibility index (Phi) is 4.14. The number of nitrogens with one attached hydrogen (secondary N) is 2. The summed E-state index contributed by atoms with van der Waals surface area (Å²) in [6, 6.07) is 0. The van der Waals surface area contributed by atoms with Crippen molar-refractivity contribution in [2.24, 2.45) is 5.92 Å². The normalized spacial score (nSPS) is 14.2. The third kappa shape index (κ3) is 3.99. The van der Waals surface area contributed by atoms with Gasteiger partial charge in [0, 0.05) is 24.4 Å². The predicted octanol–water partition coefficient (Wildman–Crippen LogP) is 0.708. The molecule has 1 fully saturated rings. The van der Waals surface area contributed by atoms with Crippen molar-refractivity contribution < 1.29 is 14.7 Å². The number of rotatable bonds is 7. The van der Waals surface area contributed by atoms with Gasteiger partial charge < -0.3 is 15.7 Å². The molecule has 0 unspecified atom stereocenters. The summed E-state index contributed by atoms with van der Waals surface area (Å²) in [6.07, 6.45) is 1.95. The molecular weight excluding hydrogens is 254 g/mol. The third-order valence-corrected chi connectivity index (χ3v) is 3.38. The molecule has 6 nitrogen and oxygen atoms in total. The van der Waals surface area contributed by atoms with Crippen LogP contribution in [0, 0.1) is 5.92 Å². The maximum Gasteiger partial charge on any atom is 0.309 e. The van der Waals surface area contributed by atoms with E-state index in [2.05, 4.69) is 15.6 Å². The zero-order chi connectivity index (χ0) is 13.0. The smallest absolute Gasteiger partial charge is 0.309 e. The van der Waals surface area contributed by atoms with Crippen molar-refractivity contribution in [3.8, 4) is 0 Å². The van der Waals surface area contributed by atoms with Gasteiger partial charge in [-0.3, -0.25) is 9.59 Å². The second-order valence-corrected chi connectivity index (χ2v) is 5.06. The highest BCUT2D eigenvalue weighted by molar-refractivity contribution is 7.13. The van der Waals surface area contributed by atoms with Crippen LogP contribution in [0.25, 0.3) is 0 Å². The van der Waals surface area contributed by atoms with Gasteiger partial charge in [0.2, 0.25) is 5.91 Å². The Labute approximate surface area is 108 Å². The molecule has 1 saturated carbocycles. The molecule has 0 bridgehead atoms. The molecule has 18 heavy (non-hydrogen) atoms. The van der Waals surface area contributed by atoms with Crippen LogP contribution < -0.4 is 10.6 Å². The molecule has 0 aliphatic heterocycles. The summed E-state index contributed by atoms with van der Waals surface area (Å²) in [7, 11) is 0. The minimum atomic E-state index is -0.886. The van der Waals surface area contributed by atoms with Gasteiger partial charge in [-0.25, -0.2) is 4.98 Å². The first-order valence-corrected chi connectivity index (χ1v) is 6.71. The van der Waals surface area contributed by atoms with E-state index in [0.717, 1.165) is 12.8 Å². The van der Waals surface area contributed by atoms with E-state index in [9.17, 15) is 9.59 Å². The van der Waals surface area contributed by atoms with Crippen LogP contribution in [-0.2, 0) is 16.0 Å². The predicted molar refractivity (Wildman–Crippen MR) is 67.7 cm³/mol. The molecule has 7 heteroatoms. The summed E-state index contributed by atoms with van der Waals surface area (Å²) >= 11 is 1.37. The summed E-state index contributed by atoms with van der Waals surface area (Å²) in [5, 5.41) is 16.9. The lowest BCUT2D eigenvalue weighted by Gasteiger charge is -2.04. The Morgan fingerprint density at radius 1 is 1.44 bits per heavy atom. The van der Waals surface area contributed by atoms with E-state index in [0.29, 0.717) is 23.9 Å². The lowest BCUT2D eigenvalue weighted by Crippen LogP contribution is -2.29. The molecular formula is C11H15N3O3S. The molecule has 1 aliphatic rings. The first-order chi connectivity index (χ1) is 8.65. The maximum absolute atomic E-state index is 11.3. The van der Waals surface area contributed by atoms with Crippen LogP contribution in [0.5, 0.6) is 0 Å². The van der Waals surface area contributed by atoms with Crippen molar-refractivity contribution in [2.45, 2.75) is 19.3 Å². The Hall–Kier alpha value is -1.63. The van der Waals surface area contributed by atoms with Crippen molar-refractivity contribution >= 4 is 28.3 Å². The Bertz CT molecular complexity index is 442. The number of anilines is 1. The number of hydrogen-bond donors (Lipinski definition) is 3. The monoisotopic (exact) mass is 269 g/mol. The van der Waals surface area contributed by atoms with Crippen LogP contribution in [0.2, 0.25) is 0 Å². The van der Waals surface area contributed by atoms with Gasteiger partial charge in [0.15, 0.2) is 5.13 Å². The zero-order valence-electron chi connectivity index (χ0n) is 9.81. The Balaban J connectivity index is 1.64. The van der Waals surface area contributed by atoms with Crippen molar-refractivity contribution in [3.05, 3.63) is 11.1 Å². The van der Waals surface area contributed by atoms with E-state index in [4.69, 9.17) is 5.11 Å². The highest BCUT2D eigenvalue weighted by atomic mass is 32.1. The summed E-state index contributed by atoms with van der Waals surface area (Å²) in [5.74, 6) is -0.530. The second-order valence-electron chi connectivity index (χ2n) is 4.21. The summed E-state index contributed by atoms with van der Waals surface area (Å²) in [4.78, 5) is 25.9. The first-order valence-electron chi connectivity index (χ1n) is 5.83. The van der Waals surface area contributed by atoms with Crippen LogP contribution in [0.15, 0.2) is 5.38 Å². The topological polar surface area (TPSA) is 91.3 Å². The van der Waals surface area contributed by atoms with Crippen LogP contribution in [0.4, 0.5) is 5.13 Å². The first kappa shape index (κ1) is 12.8. The molecule has 0 saturated heterocycles. The molecule has 0 radical (unpaired) electrons. The van der Waals surface area contributed by atoms with E-state index < -0.39 is 5.97 Å². The van der Waals surface area contributed by atoms with Gasteiger partial charge >= 0.3 is 5.97 Å². The van der Waals surface area contributed by atoms with E-state index in [1.165, 1.54) is 11.3 Å². The fraction of sp³-hybridized carbons (Fsp3) is 0.545. The number of hydrogen-bond acceptors (Lipinski definition) is 5. The highest BCUT2D eigenvalue weighted by Crippen LogP contribution is 2.28. The molecule has 1 aromatic rings. The molecule has 2 rings (SSSR count). The summed E-state index contributed by atoms with van der Waals surface area (Å²) < 4.78 is 0. The van der Waals surface area contributed by atoms with E-state index in [-0.39, 0.29) is 18.2 Å². The molecule has 0 atom stereocenters. The van der Waals surface area contributed by atoms with Gasteiger partial charge in [-0.15, -0.1) is 11.3 Å². The van der Waals surface area contributed by atoms with E-state index >= 15 is 0 Å². The average molecular weight is 269 g/mol. The van der Waals surface area contributed by atoms with Crippen LogP contribution in [0.3, 0.4) is 0 Å². The number of carbonyl (C=O) groups excluding carboxylic acids is 1. The summed E-state index contributed by atoms with van der Waals surface area (Å²) in [6.45, 7) is 1.15. The molecule has 1 aromatic heterocycles. The van der Waals surface area contributed by atoms with E-state index in [1.54, 1.807) is 5.38 Å². The Morgan fingerprint density at radius 3 is 2.89 bits per heavy atom. The van der Waals surface area contributed by atoms with Gasteiger partial charge in [-0.2, -0.15) is 0 Å². The fourth-order valence-corrected chi connectivity index (χ4v) is 2.21. The van der Waals surface area contributed by atoms with Crippen LogP contribution in [-0.4, -0.2) is 35.1 Å². The SMILES string of the molecule is O=C(O)Cc1csc(NCCNC(=O)C2CC2)n1. The maximum atomic E-state index is 11.3. The summed E-state index contributed by atoms with van der Waals surface area (Å²) in [5.41, 5.74) is 0.553. The van der Waals surface area contributed by atoms with Crippen molar-refractivity contribution in [1.29, 1.82) is 0 Å². The van der Waals surface area contributed by atoms with Crippen molar-refractivity contribution in [3.63, 3.8) is 0 Å². The number of aliphatic carboxylic acids is 1. The van der Waals surface area contributed by atoms with Crippen LogP contribution >= 0.6 is 11.3 Å². The molecule has 98 valence electrons. The van der Waals surface area contributed by atoms with Gasteiger partial charge in [-0.1, -0.05) is 0 Å². The lowest BCUT2D eigenvalue weighted by atomic mass is 10.3. The fourth-order valence-electron chi connectivity index (χ4n) is 1.47. The minimum absolute atomic E-state index is 0.0589. The number of aromatic nitrogens is 1. The van der Waals surface area contributed by atoms with Gasteiger partial charge in [-0.05, 0) is 12.8 Å². The quantitative estimate of drug-likeness (QED) is 0.634.